The van der Waals surface area contributed by atoms with E-state index in [1.807, 2.05) is 0 Å². The Balaban J connectivity index is 1.72. The Morgan fingerprint density at radius 3 is 2.50 bits per heavy atom. The Morgan fingerprint density at radius 2 is 1.95 bits per heavy atom. The third-order valence-electron chi connectivity index (χ3n) is 5.79. The summed E-state index contributed by atoms with van der Waals surface area (Å²) >= 11 is 0. The van der Waals surface area contributed by atoms with E-state index in [0.717, 1.165) is 31.6 Å². The van der Waals surface area contributed by atoms with Crippen LogP contribution in [0, 0.1) is 17.3 Å². The van der Waals surface area contributed by atoms with Crippen molar-refractivity contribution in [2.24, 2.45) is 28.1 Å². The number of rotatable bonds is 3. The molecule has 4 N–H and O–H groups in total. The van der Waals surface area contributed by atoms with Gasteiger partial charge in [0.2, 0.25) is 5.91 Å². The van der Waals surface area contributed by atoms with Gasteiger partial charge in [-0.1, -0.05) is 30.8 Å². The van der Waals surface area contributed by atoms with Gasteiger partial charge < -0.3 is 16.3 Å². The van der Waals surface area contributed by atoms with Crippen LogP contribution in [-0.2, 0) is 4.79 Å². The Morgan fingerprint density at radius 1 is 1.20 bits per heavy atom. The predicted molar refractivity (Wildman–Crippen MR) is 76.3 cm³/mol. The van der Waals surface area contributed by atoms with Crippen LogP contribution in [0.3, 0.4) is 0 Å². The Hall–Kier alpha value is -1.26. The van der Waals surface area contributed by atoms with Gasteiger partial charge in [-0.15, -0.1) is 0 Å². The largest absolute Gasteiger partial charge is 0.409 e. The van der Waals surface area contributed by atoms with Gasteiger partial charge in [-0.3, -0.25) is 4.79 Å². The van der Waals surface area contributed by atoms with Gasteiger partial charge in [0, 0.05) is 6.04 Å². The van der Waals surface area contributed by atoms with Crippen molar-refractivity contribution in [3.8, 4) is 0 Å². The van der Waals surface area contributed by atoms with E-state index in [1.54, 1.807) is 0 Å². The van der Waals surface area contributed by atoms with Crippen LogP contribution in [0.5, 0.6) is 0 Å². The molecule has 3 unspecified atom stereocenters. The molecule has 2 bridgehead atoms. The molecule has 3 aliphatic rings. The number of oxime groups is 1. The first kappa shape index (κ1) is 13.7. The van der Waals surface area contributed by atoms with Crippen molar-refractivity contribution in [1.82, 2.24) is 5.32 Å². The van der Waals surface area contributed by atoms with Crippen molar-refractivity contribution >= 4 is 11.7 Å². The van der Waals surface area contributed by atoms with Gasteiger partial charge in [0.1, 0.15) is 5.41 Å². The molecule has 0 aromatic rings. The second kappa shape index (κ2) is 5.26. The van der Waals surface area contributed by atoms with Gasteiger partial charge in [0.25, 0.3) is 0 Å². The number of nitrogens with one attached hydrogen (secondary N) is 1. The highest BCUT2D eigenvalue weighted by atomic mass is 16.4. The summed E-state index contributed by atoms with van der Waals surface area (Å²) in [5.41, 5.74) is 5.10. The average Bonchev–Trinajstić information content (AvgIpc) is 3.09. The summed E-state index contributed by atoms with van der Waals surface area (Å²) in [5.74, 6) is 1.54. The van der Waals surface area contributed by atoms with E-state index in [0.29, 0.717) is 24.8 Å². The smallest absolute Gasteiger partial charge is 0.234 e. The molecule has 3 fully saturated rings. The van der Waals surface area contributed by atoms with Crippen LogP contribution in [0.25, 0.3) is 0 Å². The fraction of sp³-hybridized carbons (Fsp3) is 0.867. The molecule has 0 saturated heterocycles. The van der Waals surface area contributed by atoms with Crippen molar-refractivity contribution in [3.05, 3.63) is 0 Å². The van der Waals surface area contributed by atoms with E-state index >= 15 is 0 Å². The van der Waals surface area contributed by atoms with E-state index < -0.39 is 5.41 Å². The molecular weight excluding hydrogens is 254 g/mol. The molecule has 5 nitrogen and oxygen atoms in total. The minimum atomic E-state index is -0.769. The summed E-state index contributed by atoms with van der Waals surface area (Å²) in [4.78, 5) is 12.8. The van der Waals surface area contributed by atoms with E-state index in [9.17, 15) is 4.79 Å². The average molecular weight is 279 g/mol. The summed E-state index contributed by atoms with van der Waals surface area (Å²) in [5, 5.41) is 15.4. The molecule has 0 aromatic carbocycles. The van der Waals surface area contributed by atoms with Gasteiger partial charge in [-0.2, -0.15) is 0 Å². The predicted octanol–water partition coefficient (Wildman–Crippen LogP) is 1.99. The number of amides is 1. The molecule has 1 amide bonds. The van der Waals surface area contributed by atoms with E-state index in [-0.39, 0.29) is 11.7 Å². The molecule has 0 heterocycles. The fourth-order valence-electron chi connectivity index (χ4n) is 4.58. The van der Waals surface area contributed by atoms with Gasteiger partial charge >= 0.3 is 0 Å². The summed E-state index contributed by atoms with van der Waals surface area (Å²) < 4.78 is 0. The normalized spacial score (nSPS) is 36.0. The highest BCUT2D eigenvalue weighted by Crippen LogP contribution is 2.45. The van der Waals surface area contributed by atoms with Crippen LogP contribution in [0.15, 0.2) is 5.16 Å². The summed E-state index contributed by atoms with van der Waals surface area (Å²) in [7, 11) is 0. The maximum Gasteiger partial charge on any atom is 0.234 e. The van der Waals surface area contributed by atoms with Crippen molar-refractivity contribution in [1.29, 1.82) is 0 Å². The van der Waals surface area contributed by atoms with Gasteiger partial charge in [-0.25, -0.2) is 0 Å². The molecule has 3 atom stereocenters. The molecule has 3 aliphatic carbocycles. The number of amidine groups is 1. The lowest BCUT2D eigenvalue weighted by molar-refractivity contribution is -0.130. The standard InChI is InChI=1S/C15H25N3O2/c16-13(18-20)15(6-2-1-3-7-15)14(19)17-12-9-10-4-5-11(12)8-10/h10-12,20H,1-9H2,(H2,16,18)(H,17,19). The van der Waals surface area contributed by atoms with E-state index in [1.165, 1.54) is 19.3 Å². The highest BCUT2D eigenvalue weighted by Gasteiger charge is 2.47. The van der Waals surface area contributed by atoms with Crippen molar-refractivity contribution in [3.63, 3.8) is 0 Å². The number of nitrogens with two attached hydrogens (primary N) is 1. The maximum atomic E-state index is 12.8. The number of carbonyl (C=O) groups excluding carboxylic acids is 1. The number of carbonyl (C=O) groups is 1. The van der Waals surface area contributed by atoms with Crippen LogP contribution in [-0.4, -0.2) is 23.0 Å². The van der Waals surface area contributed by atoms with Gasteiger partial charge in [0.05, 0.1) is 0 Å². The van der Waals surface area contributed by atoms with Crippen LogP contribution >= 0.6 is 0 Å². The van der Waals surface area contributed by atoms with Crippen LogP contribution in [0.1, 0.15) is 57.8 Å². The molecule has 0 aliphatic heterocycles. The zero-order valence-electron chi connectivity index (χ0n) is 12.0. The first-order valence-corrected chi connectivity index (χ1v) is 7.95. The molecule has 20 heavy (non-hydrogen) atoms. The third-order valence-corrected chi connectivity index (χ3v) is 5.79. The van der Waals surface area contributed by atoms with Crippen LogP contribution in [0.4, 0.5) is 0 Å². The summed E-state index contributed by atoms with van der Waals surface area (Å²) in [6, 6.07) is 0.312. The van der Waals surface area contributed by atoms with Crippen molar-refractivity contribution < 1.29 is 10.0 Å². The van der Waals surface area contributed by atoms with Gasteiger partial charge in [-0.05, 0) is 43.9 Å². The minimum absolute atomic E-state index is 0.00921. The first-order chi connectivity index (χ1) is 9.65. The lowest BCUT2D eigenvalue weighted by atomic mass is 9.72. The van der Waals surface area contributed by atoms with Crippen LogP contribution in [0.2, 0.25) is 0 Å². The molecule has 3 rings (SSSR count). The SMILES string of the molecule is NC(=NO)C1(C(=O)NC2CC3CCC2C3)CCCCC1. The Labute approximate surface area is 120 Å². The van der Waals surface area contributed by atoms with E-state index in [2.05, 4.69) is 10.5 Å². The highest BCUT2D eigenvalue weighted by molar-refractivity contribution is 6.06. The van der Waals surface area contributed by atoms with Gasteiger partial charge in [0.15, 0.2) is 5.84 Å². The fourth-order valence-corrected chi connectivity index (χ4v) is 4.58. The molecular formula is C15H25N3O2. The Bertz CT molecular complexity index is 415. The topological polar surface area (TPSA) is 87.7 Å². The number of fused-ring (bicyclic) bond motifs is 2. The zero-order chi connectivity index (χ0) is 14.2. The molecule has 112 valence electrons. The number of hydrogen-bond donors (Lipinski definition) is 3. The van der Waals surface area contributed by atoms with Crippen molar-refractivity contribution in [2.45, 2.75) is 63.8 Å². The lowest BCUT2D eigenvalue weighted by Gasteiger charge is -2.36. The second-order valence-electron chi connectivity index (χ2n) is 6.88. The second-order valence-corrected chi connectivity index (χ2v) is 6.88. The molecule has 0 radical (unpaired) electrons. The zero-order valence-corrected chi connectivity index (χ0v) is 12.0. The first-order valence-electron chi connectivity index (χ1n) is 7.95. The monoisotopic (exact) mass is 279 g/mol. The Kier molecular flexibility index (Phi) is 3.61. The quantitative estimate of drug-likeness (QED) is 0.319. The minimum Gasteiger partial charge on any atom is -0.409 e. The van der Waals surface area contributed by atoms with Crippen molar-refractivity contribution in [2.75, 3.05) is 0 Å². The number of hydrogen-bond acceptors (Lipinski definition) is 3. The molecule has 0 aromatic heterocycles. The molecule has 5 heteroatoms. The van der Waals surface area contributed by atoms with Crippen LogP contribution < -0.4 is 11.1 Å². The van der Waals surface area contributed by atoms with E-state index in [4.69, 9.17) is 10.9 Å². The third kappa shape index (κ3) is 2.17. The number of nitrogens with zero attached hydrogens (tertiary/aromatic N) is 1. The molecule has 3 saturated carbocycles. The lowest BCUT2D eigenvalue weighted by Crippen LogP contribution is -2.54. The maximum absolute atomic E-state index is 12.8. The summed E-state index contributed by atoms with van der Waals surface area (Å²) in [6.45, 7) is 0. The molecule has 0 spiro atoms. The summed E-state index contributed by atoms with van der Waals surface area (Å²) in [6.07, 6.45) is 9.42.